The summed E-state index contributed by atoms with van der Waals surface area (Å²) in [6.07, 6.45) is 0. The van der Waals surface area contributed by atoms with Crippen molar-refractivity contribution < 1.29 is 8.95 Å². The molecule has 0 spiro atoms. The molecule has 0 aliphatic carbocycles. The summed E-state index contributed by atoms with van der Waals surface area (Å²) in [6, 6.07) is 13.1. The Morgan fingerprint density at radius 3 is 2.50 bits per heavy atom. The quantitative estimate of drug-likeness (QED) is 0.873. The lowest BCUT2D eigenvalue weighted by Crippen LogP contribution is -2.33. The SMILES string of the molecule is Cc1cc(C)c(S(=O)NC(C)COc2cccc(C#N)c2)c(C)c1. The monoisotopic (exact) mass is 342 g/mol. The number of nitriles is 1. The number of rotatable bonds is 6. The first-order valence-electron chi connectivity index (χ1n) is 7.79. The lowest BCUT2D eigenvalue weighted by molar-refractivity contribution is 0.289. The van der Waals surface area contributed by atoms with Crippen LogP contribution in [0.4, 0.5) is 0 Å². The molecular formula is C19H22N2O2S. The van der Waals surface area contributed by atoms with Crippen molar-refractivity contribution in [1.82, 2.24) is 4.72 Å². The minimum atomic E-state index is -1.29. The van der Waals surface area contributed by atoms with E-state index in [4.69, 9.17) is 10.00 Å². The van der Waals surface area contributed by atoms with E-state index < -0.39 is 11.0 Å². The third-order valence-electron chi connectivity index (χ3n) is 3.56. The van der Waals surface area contributed by atoms with Crippen LogP contribution in [-0.2, 0) is 11.0 Å². The maximum atomic E-state index is 12.6. The Balaban J connectivity index is 1.98. The molecule has 0 radical (unpaired) electrons. The number of nitrogens with one attached hydrogen (secondary N) is 1. The van der Waals surface area contributed by atoms with Crippen LogP contribution in [0.15, 0.2) is 41.3 Å². The van der Waals surface area contributed by atoms with Gasteiger partial charge in [-0.2, -0.15) is 5.26 Å². The number of benzene rings is 2. The van der Waals surface area contributed by atoms with Gasteiger partial charge in [-0.15, -0.1) is 0 Å². The van der Waals surface area contributed by atoms with Crippen molar-refractivity contribution in [3.05, 3.63) is 58.7 Å². The van der Waals surface area contributed by atoms with E-state index in [1.807, 2.05) is 39.8 Å². The molecule has 2 atom stereocenters. The molecule has 2 unspecified atom stereocenters. The number of nitrogens with zero attached hydrogens (tertiary/aromatic N) is 1. The summed E-state index contributed by atoms with van der Waals surface area (Å²) < 4.78 is 21.4. The van der Waals surface area contributed by atoms with Crippen LogP contribution in [0.5, 0.6) is 5.75 Å². The van der Waals surface area contributed by atoms with Crippen LogP contribution in [0.3, 0.4) is 0 Å². The molecule has 0 heterocycles. The molecule has 0 saturated heterocycles. The van der Waals surface area contributed by atoms with E-state index in [0.29, 0.717) is 17.9 Å². The molecule has 0 saturated carbocycles. The summed E-state index contributed by atoms with van der Waals surface area (Å²) in [4.78, 5) is 0.832. The number of aryl methyl sites for hydroxylation is 3. The Hall–Kier alpha value is -2.16. The highest BCUT2D eigenvalue weighted by molar-refractivity contribution is 7.83. The maximum absolute atomic E-state index is 12.6. The van der Waals surface area contributed by atoms with Crippen molar-refractivity contribution in [2.75, 3.05) is 6.61 Å². The van der Waals surface area contributed by atoms with Gasteiger partial charge in [-0.05, 0) is 57.0 Å². The number of hydrogen-bond donors (Lipinski definition) is 1. The van der Waals surface area contributed by atoms with Gasteiger partial charge in [-0.1, -0.05) is 23.8 Å². The third-order valence-corrected chi connectivity index (χ3v) is 5.19. The molecule has 2 aromatic rings. The first kappa shape index (κ1) is 18.2. The lowest BCUT2D eigenvalue weighted by Gasteiger charge is -2.17. The summed E-state index contributed by atoms with van der Waals surface area (Å²) in [5.41, 5.74) is 3.77. The normalized spacial score (nSPS) is 13.1. The van der Waals surface area contributed by atoms with Crippen LogP contribution in [0.25, 0.3) is 0 Å². The van der Waals surface area contributed by atoms with Crippen LogP contribution in [0.1, 0.15) is 29.2 Å². The zero-order valence-corrected chi connectivity index (χ0v) is 15.2. The fraction of sp³-hybridized carbons (Fsp3) is 0.316. The Bertz CT molecular complexity index is 773. The molecule has 4 nitrogen and oxygen atoms in total. The molecule has 126 valence electrons. The molecule has 5 heteroatoms. The molecule has 0 amide bonds. The van der Waals surface area contributed by atoms with Gasteiger partial charge in [0.2, 0.25) is 0 Å². The van der Waals surface area contributed by atoms with Gasteiger partial charge in [0.1, 0.15) is 23.3 Å². The average molecular weight is 342 g/mol. The van der Waals surface area contributed by atoms with Gasteiger partial charge in [-0.25, -0.2) is 8.93 Å². The van der Waals surface area contributed by atoms with Gasteiger partial charge in [0.15, 0.2) is 0 Å². The van der Waals surface area contributed by atoms with Gasteiger partial charge in [0.25, 0.3) is 0 Å². The largest absolute Gasteiger partial charge is 0.492 e. The van der Waals surface area contributed by atoms with Crippen molar-refractivity contribution in [3.63, 3.8) is 0 Å². The van der Waals surface area contributed by atoms with E-state index in [9.17, 15) is 4.21 Å². The minimum absolute atomic E-state index is 0.100. The van der Waals surface area contributed by atoms with Crippen molar-refractivity contribution in [1.29, 1.82) is 5.26 Å². The maximum Gasteiger partial charge on any atom is 0.125 e. The van der Waals surface area contributed by atoms with Gasteiger partial charge >= 0.3 is 0 Å². The highest BCUT2D eigenvalue weighted by Gasteiger charge is 2.14. The van der Waals surface area contributed by atoms with Gasteiger partial charge in [0.05, 0.1) is 22.6 Å². The highest BCUT2D eigenvalue weighted by atomic mass is 32.2. The molecule has 0 aliphatic rings. The van der Waals surface area contributed by atoms with Crippen LogP contribution >= 0.6 is 0 Å². The summed E-state index contributed by atoms with van der Waals surface area (Å²) in [7, 11) is -1.29. The summed E-state index contributed by atoms with van der Waals surface area (Å²) >= 11 is 0. The van der Waals surface area contributed by atoms with Crippen LogP contribution in [0.2, 0.25) is 0 Å². The Morgan fingerprint density at radius 1 is 1.21 bits per heavy atom. The van der Waals surface area contributed by atoms with Gasteiger partial charge in [0, 0.05) is 0 Å². The van der Waals surface area contributed by atoms with E-state index in [1.165, 1.54) is 5.56 Å². The van der Waals surface area contributed by atoms with Crippen molar-refractivity contribution in [2.45, 2.75) is 38.6 Å². The van der Waals surface area contributed by atoms with Crippen molar-refractivity contribution in [2.24, 2.45) is 0 Å². The summed E-state index contributed by atoms with van der Waals surface area (Å²) in [6.45, 7) is 8.27. The molecule has 0 fully saturated rings. The van der Waals surface area contributed by atoms with E-state index in [2.05, 4.69) is 10.8 Å². The Labute approximate surface area is 146 Å². The fourth-order valence-electron chi connectivity index (χ4n) is 2.61. The fourth-order valence-corrected chi connectivity index (χ4v) is 3.87. The first-order valence-corrected chi connectivity index (χ1v) is 8.94. The molecule has 0 bridgehead atoms. The van der Waals surface area contributed by atoms with Crippen LogP contribution < -0.4 is 9.46 Å². The number of ether oxygens (including phenoxy) is 1. The van der Waals surface area contributed by atoms with E-state index in [-0.39, 0.29) is 6.04 Å². The van der Waals surface area contributed by atoms with E-state index in [0.717, 1.165) is 16.0 Å². The number of hydrogen-bond acceptors (Lipinski definition) is 3. The average Bonchev–Trinajstić information content (AvgIpc) is 2.52. The second-order valence-electron chi connectivity index (χ2n) is 5.97. The molecule has 1 N–H and O–H groups in total. The summed E-state index contributed by atoms with van der Waals surface area (Å²) in [5, 5.41) is 8.90. The zero-order chi connectivity index (χ0) is 17.7. The molecule has 0 aliphatic heterocycles. The van der Waals surface area contributed by atoms with E-state index >= 15 is 0 Å². The second kappa shape index (κ2) is 8.09. The molecule has 2 rings (SSSR count). The lowest BCUT2D eigenvalue weighted by atomic mass is 10.1. The van der Waals surface area contributed by atoms with Gasteiger partial charge < -0.3 is 4.74 Å². The molecule has 24 heavy (non-hydrogen) atoms. The molecule has 0 aromatic heterocycles. The second-order valence-corrected chi connectivity index (χ2v) is 7.15. The van der Waals surface area contributed by atoms with Gasteiger partial charge in [-0.3, -0.25) is 0 Å². The van der Waals surface area contributed by atoms with E-state index in [1.54, 1.807) is 24.3 Å². The first-order chi connectivity index (χ1) is 11.4. The predicted molar refractivity (Wildman–Crippen MR) is 96.3 cm³/mol. The molecular weight excluding hydrogens is 320 g/mol. The minimum Gasteiger partial charge on any atom is -0.492 e. The molecule has 2 aromatic carbocycles. The van der Waals surface area contributed by atoms with Crippen LogP contribution in [0, 0.1) is 32.1 Å². The topological polar surface area (TPSA) is 62.1 Å². The standard InChI is InChI=1S/C19H22N2O2S/c1-13-8-14(2)19(15(3)9-13)24(22)21-16(4)12-23-18-7-5-6-17(10-18)11-20/h5-10,16,21H,12H2,1-4H3. The summed E-state index contributed by atoms with van der Waals surface area (Å²) in [5.74, 6) is 0.635. The highest BCUT2D eigenvalue weighted by Crippen LogP contribution is 2.19. The van der Waals surface area contributed by atoms with Crippen molar-refractivity contribution >= 4 is 11.0 Å². The Kier molecular flexibility index (Phi) is 6.13. The Morgan fingerprint density at radius 2 is 1.88 bits per heavy atom. The third kappa shape index (κ3) is 4.67. The van der Waals surface area contributed by atoms with Crippen molar-refractivity contribution in [3.8, 4) is 11.8 Å². The zero-order valence-electron chi connectivity index (χ0n) is 14.4. The van der Waals surface area contributed by atoms with Crippen LogP contribution in [-0.4, -0.2) is 16.9 Å². The predicted octanol–water partition coefficient (Wildman–Crippen LogP) is 3.56. The smallest absolute Gasteiger partial charge is 0.125 e.